The Bertz CT molecular complexity index is 421. The highest BCUT2D eigenvalue weighted by Gasteiger charge is 2.47. The molecule has 5 heteroatoms. The van der Waals surface area contributed by atoms with Gasteiger partial charge in [-0.25, -0.2) is 0 Å². The number of ether oxygens (including phenoxy) is 3. The first kappa shape index (κ1) is 13.0. The van der Waals surface area contributed by atoms with Crippen LogP contribution in [0.2, 0.25) is 0 Å². The Morgan fingerprint density at radius 1 is 1.05 bits per heavy atom. The van der Waals surface area contributed by atoms with Crippen LogP contribution in [0.15, 0.2) is 30.3 Å². The Kier molecular flexibility index (Phi) is 3.56. The van der Waals surface area contributed by atoms with Crippen molar-refractivity contribution >= 4 is 0 Å². The monoisotopic (exact) mass is 266 g/mol. The zero-order chi connectivity index (χ0) is 13.4. The number of rotatable bonds is 1. The Hall–Kier alpha value is -0.980. The van der Waals surface area contributed by atoms with Crippen molar-refractivity contribution in [3.05, 3.63) is 35.9 Å². The average molecular weight is 266 g/mol. The van der Waals surface area contributed by atoms with Crippen molar-refractivity contribution < 1.29 is 24.4 Å². The number of aliphatic hydroxyl groups excluding tert-OH is 2. The normalized spacial score (nSPS) is 42.7. The van der Waals surface area contributed by atoms with Gasteiger partial charge >= 0.3 is 0 Å². The first-order valence-corrected chi connectivity index (χ1v) is 6.50. The molecule has 0 aromatic heterocycles. The van der Waals surface area contributed by atoms with Gasteiger partial charge in [-0.2, -0.15) is 0 Å². The summed E-state index contributed by atoms with van der Waals surface area (Å²) in [7, 11) is 0. The van der Waals surface area contributed by atoms with E-state index in [1.807, 2.05) is 30.3 Å². The van der Waals surface area contributed by atoms with Gasteiger partial charge in [-0.3, -0.25) is 0 Å². The lowest BCUT2D eigenvalue weighted by Gasteiger charge is -2.45. The summed E-state index contributed by atoms with van der Waals surface area (Å²) in [6.07, 6.45) is -3.74. The van der Waals surface area contributed by atoms with Gasteiger partial charge in [-0.15, -0.1) is 0 Å². The largest absolute Gasteiger partial charge is 0.388 e. The van der Waals surface area contributed by atoms with Crippen molar-refractivity contribution in [2.24, 2.45) is 0 Å². The third-order valence-corrected chi connectivity index (χ3v) is 3.69. The fraction of sp³-hybridized carbons (Fsp3) is 0.571. The van der Waals surface area contributed by atoms with Gasteiger partial charge in [0.15, 0.2) is 6.29 Å². The van der Waals surface area contributed by atoms with E-state index in [2.05, 4.69) is 0 Å². The minimum atomic E-state index is -0.955. The molecule has 0 saturated carbocycles. The Morgan fingerprint density at radius 2 is 1.79 bits per heavy atom. The van der Waals surface area contributed by atoms with Gasteiger partial charge < -0.3 is 24.4 Å². The molecule has 0 radical (unpaired) electrons. The maximum absolute atomic E-state index is 10.1. The quantitative estimate of drug-likeness (QED) is 0.779. The van der Waals surface area contributed by atoms with Crippen LogP contribution in [0.5, 0.6) is 0 Å². The van der Waals surface area contributed by atoms with Crippen molar-refractivity contribution in [3.63, 3.8) is 0 Å². The van der Waals surface area contributed by atoms with Crippen LogP contribution < -0.4 is 0 Å². The van der Waals surface area contributed by atoms with E-state index in [4.69, 9.17) is 14.2 Å². The van der Waals surface area contributed by atoms with Crippen LogP contribution in [0.1, 0.15) is 18.8 Å². The minimum Gasteiger partial charge on any atom is -0.388 e. The van der Waals surface area contributed by atoms with Crippen LogP contribution in [-0.4, -0.2) is 47.3 Å². The van der Waals surface area contributed by atoms with E-state index in [0.717, 1.165) is 5.56 Å². The average Bonchev–Trinajstić information content (AvgIpc) is 2.46. The van der Waals surface area contributed by atoms with Crippen LogP contribution in [-0.2, 0) is 14.2 Å². The molecule has 2 aliphatic heterocycles. The van der Waals surface area contributed by atoms with Crippen LogP contribution in [0.25, 0.3) is 0 Å². The van der Waals surface area contributed by atoms with Gasteiger partial charge in [-0.1, -0.05) is 30.3 Å². The first-order valence-electron chi connectivity index (χ1n) is 6.50. The zero-order valence-electron chi connectivity index (χ0n) is 10.7. The third-order valence-electron chi connectivity index (χ3n) is 3.69. The number of hydrogen-bond acceptors (Lipinski definition) is 5. The molecule has 0 unspecified atom stereocenters. The number of benzene rings is 1. The fourth-order valence-corrected chi connectivity index (χ4v) is 2.58. The summed E-state index contributed by atoms with van der Waals surface area (Å²) in [6.45, 7) is 2.08. The second-order valence-corrected chi connectivity index (χ2v) is 5.04. The maximum Gasteiger partial charge on any atom is 0.184 e. The molecule has 2 heterocycles. The highest BCUT2D eigenvalue weighted by atomic mass is 16.7. The van der Waals surface area contributed by atoms with Gasteiger partial charge in [0.2, 0.25) is 0 Å². The summed E-state index contributed by atoms with van der Waals surface area (Å²) >= 11 is 0. The van der Waals surface area contributed by atoms with Crippen LogP contribution in [0.4, 0.5) is 0 Å². The molecule has 2 aliphatic rings. The summed E-state index contributed by atoms with van der Waals surface area (Å²) in [5.41, 5.74) is 0.890. The molecule has 0 aliphatic carbocycles. The molecule has 104 valence electrons. The lowest BCUT2D eigenvalue weighted by Crippen LogP contribution is -2.60. The maximum atomic E-state index is 10.1. The molecule has 2 N–H and O–H groups in total. The molecule has 3 rings (SSSR count). The summed E-state index contributed by atoms with van der Waals surface area (Å²) in [5, 5.41) is 19.9. The topological polar surface area (TPSA) is 68.2 Å². The van der Waals surface area contributed by atoms with Gasteiger partial charge in [-0.05, 0) is 6.92 Å². The standard InChI is InChI=1S/C14H18O5/c1-8-11(15)12(16)13-10(18-8)7-17-14(19-13)9-5-3-2-4-6-9/h2-6,8,10-16H,7H2,1H3/t8-,10-,11+,12-,13-,14-/m1/s1. The molecule has 19 heavy (non-hydrogen) atoms. The second kappa shape index (κ2) is 5.19. The smallest absolute Gasteiger partial charge is 0.184 e. The predicted molar refractivity (Wildman–Crippen MR) is 66.4 cm³/mol. The third kappa shape index (κ3) is 2.40. The molecular formula is C14H18O5. The number of fused-ring (bicyclic) bond motifs is 1. The highest BCUT2D eigenvalue weighted by molar-refractivity contribution is 5.16. The predicted octanol–water partition coefficient (Wildman–Crippen LogP) is 0.610. The van der Waals surface area contributed by atoms with E-state index in [1.165, 1.54) is 0 Å². The minimum absolute atomic E-state index is 0.339. The van der Waals surface area contributed by atoms with E-state index in [9.17, 15) is 10.2 Å². The Labute approximate surface area is 111 Å². The van der Waals surface area contributed by atoms with Crippen molar-refractivity contribution in [2.75, 3.05) is 6.61 Å². The lowest BCUT2D eigenvalue weighted by molar-refractivity contribution is -0.326. The Morgan fingerprint density at radius 3 is 2.53 bits per heavy atom. The number of aliphatic hydroxyl groups is 2. The van der Waals surface area contributed by atoms with Gasteiger partial charge in [0, 0.05) is 5.56 Å². The van der Waals surface area contributed by atoms with Gasteiger partial charge in [0.25, 0.3) is 0 Å². The first-order chi connectivity index (χ1) is 9.16. The van der Waals surface area contributed by atoms with Crippen molar-refractivity contribution in [3.8, 4) is 0 Å². The molecule has 1 aromatic rings. The summed E-state index contributed by atoms with van der Waals surface area (Å²) in [4.78, 5) is 0. The van der Waals surface area contributed by atoms with E-state index in [-0.39, 0.29) is 6.10 Å². The molecule has 0 bridgehead atoms. The summed E-state index contributed by atoms with van der Waals surface area (Å²) in [5.74, 6) is 0. The van der Waals surface area contributed by atoms with Crippen LogP contribution in [0, 0.1) is 0 Å². The van der Waals surface area contributed by atoms with Gasteiger partial charge in [0.1, 0.15) is 24.4 Å². The fourth-order valence-electron chi connectivity index (χ4n) is 2.58. The molecule has 0 spiro atoms. The van der Waals surface area contributed by atoms with Crippen molar-refractivity contribution in [1.29, 1.82) is 0 Å². The lowest BCUT2D eigenvalue weighted by atomic mass is 9.95. The highest BCUT2D eigenvalue weighted by Crippen LogP contribution is 2.33. The van der Waals surface area contributed by atoms with E-state index in [0.29, 0.717) is 6.61 Å². The molecule has 0 amide bonds. The molecular weight excluding hydrogens is 248 g/mol. The van der Waals surface area contributed by atoms with Crippen molar-refractivity contribution in [2.45, 2.75) is 43.7 Å². The molecule has 1 aromatic carbocycles. The molecule has 2 saturated heterocycles. The van der Waals surface area contributed by atoms with Crippen LogP contribution in [0.3, 0.4) is 0 Å². The zero-order valence-corrected chi connectivity index (χ0v) is 10.7. The van der Waals surface area contributed by atoms with Gasteiger partial charge in [0.05, 0.1) is 12.7 Å². The molecule has 5 nitrogen and oxygen atoms in total. The molecule has 6 atom stereocenters. The van der Waals surface area contributed by atoms with Crippen LogP contribution >= 0.6 is 0 Å². The van der Waals surface area contributed by atoms with E-state index in [1.54, 1.807) is 6.92 Å². The van der Waals surface area contributed by atoms with E-state index >= 15 is 0 Å². The Balaban J connectivity index is 1.75. The second-order valence-electron chi connectivity index (χ2n) is 5.04. The number of hydrogen-bond donors (Lipinski definition) is 2. The SMILES string of the molecule is C[C@H]1O[C@@H]2CO[C@@H](c3ccccc3)O[C@H]2[C@H](O)[C@H]1O. The van der Waals surface area contributed by atoms with E-state index < -0.39 is 30.7 Å². The summed E-state index contributed by atoms with van der Waals surface area (Å²) < 4.78 is 17.0. The molecule has 2 fully saturated rings. The summed E-state index contributed by atoms with van der Waals surface area (Å²) in [6, 6.07) is 9.52. The van der Waals surface area contributed by atoms with Crippen molar-refractivity contribution in [1.82, 2.24) is 0 Å².